The Kier molecular flexibility index (Phi) is 14.0. The number of aliphatic carboxylic acids is 1. The molecule has 3 aliphatic rings. The van der Waals surface area contributed by atoms with Gasteiger partial charge in [-0.1, -0.05) is 39.0 Å². The number of carbonyl (C=O) groups is 1. The summed E-state index contributed by atoms with van der Waals surface area (Å²) in [6.45, 7) is 11.2. The molecule has 56 heavy (non-hydrogen) atoms. The highest BCUT2D eigenvalue weighted by Crippen LogP contribution is 2.51. The monoisotopic (exact) mass is 835 g/mol. The zero-order chi connectivity index (χ0) is 41.7. The van der Waals surface area contributed by atoms with Gasteiger partial charge in [-0.2, -0.15) is 25.3 Å². The average molecular weight is 836 g/mol. The normalized spacial score (nSPS) is 18.1. The topological polar surface area (TPSA) is 220 Å². The highest BCUT2D eigenvalue weighted by Gasteiger charge is 2.43. The third-order valence-corrected chi connectivity index (χ3v) is 12.2. The zero-order valence-corrected chi connectivity index (χ0v) is 34.6. The third kappa shape index (κ3) is 11.7. The van der Waals surface area contributed by atoms with Crippen LogP contribution in [-0.2, 0) is 46.0 Å². The molecule has 0 saturated heterocycles. The van der Waals surface area contributed by atoms with E-state index in [-0.39, 0.29) is 54.7 Å². The summed E-state index contributed by atoms with van der Waals surface area (Å²) in [5.74, 6) is -0.668. The lowest BCUT2D eigenvalue weighted by Crippen LogP contribution is -2.31. The van der Waals surface area contributed by atoms with Crippen molar-refractivity contribution in [2.75, 3.05) is 36.0 Å². The van der Waals surface area contributed by atoms with Crippen molar-refractivity contribution >= 4 is 48.1 Å². The van der Waals surface area contributed by atoms with Crippen molar-refractivity contribution in [1.29, 1.82) is 0 Å². The van der Waals surface area contributed by atoms with E-state index in [1.165, 1.54) is 18.2 Å². The Hall–Kier alpha value is -4.13. The van der Waals surface area contributed by atoms with Crippen molar-refractivity contribution < 1.29 is 53.2 Å². The number of hydrogen-bond donors (Lipinski definition) is 4. The number of carboxylic acid groups (broad SMARTS) is 1. The van der Waals surface area contributed by atoms with Crippen LogP contribution in [0.1, 0.15) is 83.6 Å². The van der Waals surface area contributed by atoms with Crippen molar-refractivity contribution in [1.82, 2.24) is 4.58 Å². The molecule has 1 aliphatic carbocycles. The van der Waals surface area contributed by atoms with Gasteiger partial charge in [-0.3, -0.25) is 18.5 Å². The van der Waals surface area contributed by atoms with Gasteiger partial charge in [0.05, 0.1) is 22.5 Å². The summed E-state index contributed by atoms with van der Waals surface area (Å²) in [6.07, 6.45) is 9.53. The van der Waals surface area contributed by atoms with Gasteiger partial charge in [0, 0.05) is 47.8 Å². The van der Waals surface area contributed by atoms with Crippen LogP contribution in [-0.4, -0.2) is 81.1 Å². The zero-order valence-electron chi connectivity index (χ0n) is 32.2. The van der Waals surface area contributed by atoms with Crippen LogP contribution in [0.25, 0.3) is 17.4 Å². The standard InChI is InChI=1S/C39H50N2O12S3/c1-6-40(21-11-23-54(44,45)46)28-16-18-31-32(38(2,3)4)26-29(53-35(31)25-28)13-8-7-9-14-36-39(5,20-10-15-37(42)43)33-27-30(56(50,51)52)17-19-34(33)41(36)22-12-24-55(47,48)49/h7-9,13-14,16-19,25-27H,6,10-12,15,20-24H2,1-5H3,(H3-,42,43,44,45,46,47,48,49,50,51,52)/p+1. The fourth-order valence-corrected chi connectivity index (χ4v) is 8.55. The Morgan fingerprint density at radius 2 is 1.57 bits per heavy atom. The molecule has 0 radical (unpaired) electrons. The van der Waals surface area contributed by atoms with Crippen LogP contribution in [0.15, 0.2) is 81.8 Å². The fourth-order valence-electron chi connectivity index (χ4n) is 7.06. The van der Waals surface area contributed by atoms with Crippen LogP contribution in [0.3, 0.4) is 0 Å². The SMILES string of the molecule is CC[N+](CCCS(=O)(=O)O)=c1ccc2c(C(C)(C)C)cc(C=CC=CC=C3N(CCCS(=O)(=O)O)c4ccc(S(=O)(=O)O)cc4C3(C)CCCC(=O)O)oc-2c1. The summed E-state index contributed by atoms with van der Waals surface area (Å²) in [5, 5.41) is 10.2. The van der Waals surface area contributed by atoms with E-state index < -0.39 is 47.5 Å². The van der Waals surface area contributed by atoms with E-state index in [1.54, 1.807) is 30.4 Å². The van der Waals surface area contributed by atoms with Gasteiger partial charge in [-0.25, -0.2) is 4.58 Å². The van der Waals surface area contributed by atoms with Crippen LogP contribution < -0.4 is 14.8 Å². The minimum Gasteiger partial charge on any atom is -0.481 e. The van der Waals surface area contributed by atoms with Crippen LogP contribution >= 0.6 is 0 Å². The van der Waals surface area contributed by atoms with Gasteiger partial charge in [0.2, 0.25) is 5.36 Å². The average Bonchev–Trinajstić information content (AvgIpc) is 3.30. The molecular formula is C39H51N2O12S3+. The first-order valence-corrected chi connectivity index (χ1v) is 22.8. The minimum absolute atomic E-state index is 0.0341. The lowest BCUT2D eigenvalue weighted by Gasteiger charge is -2.30. The van der Waals surface area contributed by atoms with E-state index in [1.807, 2.05) is 47.6 Å². The first-order chi connectivity index (χ1) is 25.9. The predicted molar refractivity (Wildman–Crippen MR) is 215 cm³/mol. The van der Waals surface area contributed by atoms with E-state index in [4.69, 9.17) is 4.42 Å². The molecule has 0 bridgehead atoms. The largest absolute Gasteiger partial charge is 0.481 e. The molecule has 17 heteroatoms. The summed E-state index contributed by atoms with van der Waals surface area (Å²) in [5.41, 5.74) is 2.48. The molecule has 14 nitrogen and oxygen atoms in total. The summed E-state index contributed by atoms with van der Waals surface area (Å²) >= 11 is 0. The van der Waals surface area contributed by atoms with E-state index in [9.17, 15) is 48.8 Å². The summed E-state index contributed by atoms with van der Waals surface area (Å²) in [4.78, 5) is 12.9. The van der Waals surface area contributed by atoms with E-state index in [0.717, 1.165) is 16.5 Å². The second-order valence-electron chi connectivity index (χ2n) is 15.0. The van der Waals surface area contributed by atoms with E-state index in [0.29, 0.717) is 41.6 Å². The number of anilines is 1. The molecule has 0 saturated carbocycles. The fraction of sp³-hybridized carbons (Fsp3) is 0.436. The molecule has 0 spiro atoms. The number of benzene rings is 2. The molecule has 1 atom stereocenters. The number of nitrogens with zero attached hydrogens (tertiary/aromatic N) is 2. The summed E-state index contributed by atoms with van der Waals surface area (Å²) < 4.78 is 107. The van der Waals surface area contributed by atoms with Gasteiger partial charge in [-0.15, -0.1) is 0 Å². The van der Waals surface area contributed by atoms with Gasteiger partial charge < -0.3 is 14.4 Å². The number of hydrogen-bond acceptors (Lipinski definition) is 9. The van der Waals surface area contributed by atoms with Gasteiger partial charge in [-0.05, 0) is 92.1 Å². The van der Waals surface area contributed by atoms with Gasteiger partial charge in [0.25, 0.3) is 30.4 Å². The van der Waals surface area contributed by atoms with Gasteiger partial charge >= 0.3 is 5.97 Å². The van der Waals surface area contributed by atoms with Crippen molar-refractivity contribution in [2.24, 2.45) is 0 Å². The Bertz CT molecular complexity index is 2410. The molecule has 0 amide bonds. The quantitative estimate of drug-likeness (QED) is 0.0723. The van der Waals surface area contributed by atoms with Crippen molar-refractivity contribution in [3.8, 4) is 11.3 Å². The Labute approximate surface area is 329 Å². The third-order valence-electron chi connectivity index (χ3n) is 9.75. The number of allylic oxidation sites excluding steroid dienone is 5. The lowest BCUT2D eigenvalue weighted by molar-refractivity contribution is -0.137. The first-order valence-electron chi connectivity index (χ1n) is 18.2. The molecule has 4 N–H and O–H groups in total. The Morgan fingerprint density at radius 3 is 2.18 bits per heavy atom. The second-order valence-corrected chi connectivity index (χ2v) is 19.6. The maximum atomic E-state index is 12.1. The van der Waals surface area contributed by atoms with E-state index >= 15 is 0 Å². The first kappa shape index (κ1) is 44.6. The number of rotatable bonds is 17. The van der Waals surface area contributed by atoms with Crippen molar-refractivity contribution in [3.05, 3.63) is 94.7 Å². The number of fused-ring (bicyclic) bond motifs is 2. The van der Waals surface area contributed by atoms with Gasteiger partial charge in [0.1, 0.15) is 24.6 Å². The molecule has 2 aliphatic heterocycles. The molecule has 1 aromatic carbocycles. The summed E-state index contributed by atoms with van der Waals surface area (Å²) in [6, 6.07) is 11.9. The van der Waals surface area contributed by atoms with E-state index in [2.05, 4.69) is 20.8 Å². The molecule has 306 valence electrons. The molecule has 1 unspecified atom stereocenters. The predicted octanol–water partition coefficient (Wildman–Crippen LogP) is 5.76. The van der Waals surface area contributed by atoms with Crippen LogP contribution in [0, 0.1) is 0 Å². The highest BCUT2D eigenvalue weighted by atomic mass is 32.2. The Balaban J connectivity index is 1.76. The smallest absolute Gasteiger partial charge is 0.303 e. The van der Waals surface area contributed by atoms with Crippen molar-refractivity contribution in [2.45, 2.75) is 82.4 Å². The van der Waals surface area contributed by atoms with Crippen molar-refractivity contribution in [3.63, 3.8) is 0 Å². The summed E-state index contributed by atoms with van der Waals surface area (Å²) in [7, 11) is -12.9. The number of carboxylic acids is 1. The van der Waals surface area contributed by atoms with Crippen LogP contribution in [0.4, 0.5) is 5.69 Å². The van der Waals surface area contributed by atoms with Crippen LogP contribution in [0.2, 0.25) is 0 Å². The van der Waals surface area contributed by atoms with Gasteiger partial charge in [0.15, 0.2) is 0 Å². The molecule has 0 fully saturated rings. The molecular weight excluding hydrogens is 785 g/mol. The maximum absolute atomic E-state index is 12.1. The lowest BCUT2D eigenvalue weighted by atomic mass is 9.77. The Morgan fingerprint density at radius 1 is 0.893 bits per heavy atom. The molecule has 2 heterocycles. The maximum Gasteiger partial charge on any atom is 0.303 e. The molecule has 4 rings (SSSR count). The second kappa shape index (κ2) is 17.6. The van der Waals surface area contributed by atoms with Crippen LogP contribution in [0.5, 0.6) is 0 Å². The molecule has 1 aromatic rings. The molecule has 0 aromatic heterocycles. The minimum atomic E-state index is -4.58. The highest BCUT2D eigenvalue weighted by molar-refractivity contribution is 7.86.